The number of hydrogen-bond donors (Lipinski definition) is 1. The van der Waals surface area contributed by atoms with Gasteiger partial charge in [-0.2, -0.15) is 4.72 Å². The van der Waals surface area contributed by atoms with Gasteiger partial charge in [0, 0.05) is 11.0 Å². The second kappa shape index (κ2) is 9.43. The number of sulfonamides is 1. The van der Waals surface area contributed by atoms with Crippen LogP contribution in [0.3, 0.4) is 0 Å². The van der Waals surface area contributed by atoms with E-state index < -0.39 is 28.6 Å². The molecule has 0 heterocycles. The fraction of sp³-hybridized carbons (Fsp3) is 0.238. The van der Waals surface area contributed by atoms with E-state index in [9.17, 15) is 18.0 Å². The van der Waals surface area contributed by atoms with Crippen molar-refractivity contribution in [1.82, 2.24) is 4.72 Å². The van der Waals surface area contributed by atoms with Gasteiger partial charge in [-0.3, -0.25) is 9.59 Å². The zero-order valence-corrected chi connectivity index (χ0v) is 16.8. The first-order chi connectivity index (χ1) is 13.2. The summed E-state index contributed by atoms with van der Waals surface area (Å²) < 4.78 is 31.3. The lowest BCUT2D eigenvalue weighted by molar-refractivity contribution is -0.144. The van der Waals surface area contributed by atoms with Gasteiger partial charge in [-0.25, -0.2) is 8.42 Å². The number of ether oxygens (including phenoxy) is 1. The summed E-state index contributed by atoms with van der Waals surface area (Å²) in [5.41, 5.74) is 3.00. The van der Waals surface area contributed by atoms with Gasteiger partial charge in [-0.15, -0.1) is 0 Å². The van der Waals surface area contributed by atoms with Crippen molar-refractivity contribution in [2.45, 2.75) is 26.8 Å². The lowest BCUT2D eigenvalue weighted by Crippen LogP contribution is -2.39. The topological polar surface area (TPSA) is 89.5 Å². The molecule has 0 aliphatic heterocycles. The van der Waals surface area contributed by atoms with Crippen LogP contribution in [-0.2, 0) is 19.6 Å². The van der Waals surface area contributed by atoms with E-state index in [4.69, 9.17) is 4.74 Å². The molecule has 0 unspecified atom stereocenters. The van der Waals surface area contributed by atoms with Crippen molar-refractivity contribution in [3.05, 3.63) is 76.2 Å². The number of ketones is 1. The maximum Gasteiger partial charge on any atom is 0.324 e. The van der Waals surface area contributed by atoms with Crippen LogP contribution in [0.5, 0.6) is 0 Å². The summed E-state index contributed by atoms with van der Waals surface area (Å²) in [6, 6.07) is 13.1. The molecule has 0 amide bonds. The number of nitrogens with one attached hydrogen (secondary N) is 1. The molecular formula is C21H23NO5S. The summed E-state index contributed by atoms with van der Waals surface area (Å²) in [6.07, 6.45) is 1.42. The van der Waals surface area contributed by atoms with Crippen LogP contribution in [0, 0.1) is 13.8 Å². The second-order valence-corrected chi connectivity index (χ2v) is 8.05. The molecule has 2 aromatic carbocycles. The first-order valence-electron chi connectivity index (χ1n) is 8.70. The Labute approximate surface area is 165 Å². The number of Topliss-reactive ketones (excluding diaryl/α,β-unsaturated/α-hetero) is 1. The van der Waals surface area contributed by atoms with Crippen LogP contribution >= 0.6 is 0 Å². The number of hydrogen-bond acceptors (Lipinski definition) is 5. The molecule has 0 aromatic heterocycles. The van der Waals surface area contributed by atoms with Gasteiger partial charge in [0.2, 0.25) is 15.8 Å². The highest BCUT2D eigenvalue weighted by Crippen LogP contribution is 2.11. The van der Waals surface area contributed by atoms with E-state index >= 15 is 0 Å². The van der Waals surface area contributed by atoms with Gasteiger partial charge < -0.3 is 4.74 Å². The van der Waals surface area contributed by atoms with E-state index in [2.05, 4.69) is 4.72 Å². The molecule has 0 bridgehead atoms. The SMILES string of the molecule is Cc1ccc(C(=O)COC(=O)[C@H](C)NS(=O)(=O)/C=C/c2ccccc2)c(C)c1. The molecule has 6 nitrogen and oxygen atoms in total. The molecule has 1 N–H and O–H groups in total. The molecule has 0 saturated heterocycles. The van der Waals surface area contributed by atoms with Crippen LogP contribution in [0.4, 0.5) is 0 Å². The van der Waals surface area contributed by atoms with E-state index in [0.29, 0.717) is 11.1 Å². The summed E-state index contributed by atoms with van der Waals surface area (Å²) in [7, 11) is -3.84. The highest BCUT2D eigenvalue weighted by Gasteiger charge is 2.21. The number of benzene rings is 2. The van der Waals surface area contributed by atoms with E-state index in [0.717, 1.165) is 16.5 Å². The number of aryl methyl sites for hydroxylation is 2. The summed E-state index contributed by atoms with van der Waals surface area (Å²) >= 11 is 0. The van der Waals surface area contributed by atoms with Gasteiger partial charge in [0.25, 0.3) is 0 Å². The van der Waals surface area contributed by atoms with Crippen molar-refractivity contribution in [2.24, 2.45) is 0 Å². The first kappa shape index (κ1) is 21.5. The van der Waals surface area contributed by atoms with Crippen LogP contribution in [0.1, 0.15) is 34.0 Å². The van der Waals surface area contributed by atoms with E-state index in [-0.39, 0.29) is 5.78 Å². The highest BCUT2D eigenvalue weighted by atomic mass is 32.2. The third-order valence-electron chi connectivity index (χ3n) is 3.96. The lowest BCUT2D eigenvalue weighted by Gasteiger charge is -2.12. The summed E-state index contributed by atoms with van der Waals surface area (Å²) in [4.78, 5) is 24.3. The molecule has 28 heavy (non-hydrogen) atoms. The maximum absolute atomic E-state index is 12.2. The number of carbonyl (C=O) groups is 2. The summed E-state index contributed by atoms with van der Waals surface area (Å²) in [5, 5.41) is 0.979. The van der Waals surface area contributed by atoms with Crippen molar-refractivity contribution in [2.75, 3.05) is 6.61 Å². The maximum atomic E-state index is 12.2. The average molecular weight is 401 g/mol. The van der Waals surface area contributed by atoms with Crippen LogP contribution in [0.2, 0.25) is 0 Å². The molecule has 0 aliphatic rings. The standard InChI is InChI=1S/C21H23NO5S/c1-15-9-10-19(16(2)13-15)20(23)14-27-21(24)17(3)22-28(25,26)12-11-18-7-5-4-6-8-18/h4-13,17,22H,14H2,1-3H3/b12-11+/t17-/m0/s1. The zero-order valence-electron chi connectivity index (χ0n) is 16.0. The third kappa shape index (κ3) is 6.44. The van der Waals surface area contributed by atoms with Crippen LogP contribution in [-0.4, -0.2) is 32.8 Å². The number of carbonyl (C=O) groups excluding carboxylic acids is 2. The number of esters is 1. The highest BCUT2D eigenvalue weighted by molar-refractivity contribution is 7.92. The van der Waals surface area contributed by atoms with E-state index in [1.807, 2.05) is 19.1 Å². The fourth-order valence-electron chi connectivity index (χ4n) is 2.53. The Balaban J connectivity index is 1.91. The Bertz CT molecular complexity index is 981. The normalized spacial score (nSPS) is 12.7. The molecule has 0 spiro atoms. The smallest absolute Gasteiger partial charge is 0.324 e. The molecule has 0 fully saturated rings. The average Bonchev–Trinajstić information content (AvgIpc) is 2.64. The van der Waals surface area contributed by atoms with Crippen LogP contribution < -0.4 is 4.72 Å². The molecule has 0 radical (unpaired) electrons. The lowest BCUT2D eigenvalue weighted by atomic mass is 10.0. The Morgan fingerprint density at radius 2 is 1.79 bits per heavy atom. The van der Waals surface area contributed by atoms with Crippen molar-refractivity contribution < 1.29 is 22.7 Å². The minimum Gasteiger partial charge on any atom is -0.456 e. The molecular weight excluding hydrogens is 378 g/mol. The van der Waals surface area contributed by atoms with Gasteiger partial charge in [0.05, 0.1) is 0 Å². The summed E-state index contributed by atoms with van der Waals surface area (Å²) in [5.74, 6) is -1.17. The number of rotatable bonds is 8. The van der Waals surface area contributed by atoms with Gasteiger partial charge in [0.1, 0.15) is 6.04 Å². The molecule has 2 aromatic rings. The largest absolute Gasteiger partial charge is 0.456 e. The Kier molecular flexibility index (Phi) is 7.25. The Morgan fingerprint density at radius 3 is 2.43 bits per heavy atom. The van der Waals surface area contributed by atoms with Gasteiger partial charge in [-0.05, 0) is 38.0 Å². The van der Waals surface area contributed by atoms with Gasteiger partial charge in [0.15, 0.2) is 6.61 Å². The van der Waals surface area contributed by atoms with Crippen LogP contribution in [0.25, 0.3) is 6.08 Å². The van der Waals surface area contributed by atoms with Crippen molar-refractivity contribution >= 4 is 27.9 Å². The molecule has 0 saturated carbocycles. The molecule has 2 rings (SSSR count). The minimum absolute atomic E-state index is 0.343. The van der Waals surface area contributed by atoms with Gasteiger partial charge >= 0.3 is 5.97 Å². The minimum atomic E-state index is -3.84. The van der Waals surface area contributed by atoms with E-state index in [1.54, 1.807) is 43.3 Å². The first-order valence-corrected chi connectivity index (χ1v) is 10.2. The Hall–Kier alpha value is -2.77. The predicted octanol–water partition coefficient (Wildman–Crippen LogP) is 3.01. The molecule has 148 valence electrons. The Morgan fingerprint density at radius 1 is 1.11 bits per heavy atom. The van der Waals surface area contributed by atoms with Crippen molar-refractivity contribution in [3.8, 4) is 0 Å². The predicted molar refractivity (Wildman–Crippen MR) is 108 cm³/mol. The van der Waals surface area contributed by atoms with Gasteiger partial charge in [-0.1, -0.05) is 54.1 Å². The summed E-state index contributed by atoms with van der Waals surface area (Å²) in [6.45, 7) is 4.63. The van der Waals surface area contributed by atoms with Crippen molar-refractivity contribution in [1.29, 1.82) is 0 Å². The fourth-order valence-corrected chi connectivity index (χ4v) is 3.54. The monoisotopic (exact) mass is 401 g/mol. The van der Waals surface area contributed by atoms with E-state index in [1.165, 1.54) is 13.0 Å². The quantitative estimate of drug-likeness (QED) is 0.542. The van der Waals surface area contributed by atoms with Crippen LogP contribution in [0.15, 0.2) is 53.9 Å². The molecule has 1 atom stereocenters. The third-order valence-corrected chi connectivity index (χ3v) is 5.14. The second-order valence-electron chi connectivity index (χ2n) is 6.45. The zero-order chi connectivity index (χ0) is 20.7. The molecule has 7 heteroatoms. The van der Waals surface area contributed by atoms with Crippen molar-refractivity contribution in [3.63, 3.8) is 0 Å². The molecule has 0 aliphatic carbocycles.